The lowest BCUT2D eigenvalue weighted by Crippen LogP contribution is -2.28. The Kier molecular flexibility index (Phi) is 3.72. The van der Waals surface area contributed by atoms with Gasteiger partial charge in [-0.2, -0.15) is 5.10 Å². The van der Waals surface area contributed by atoms with Crippen LogP contribution in [0.1, 0.15) is 30.7 Å². The van der Waals surface area contributed by atoms with Gasteiger partial charge in [0, 0.05) is 19.5 Å². The van der Waals surface area contributed by atoms with Crippen LogP contribution in [0.15, 0.2) is 0 Å². The van der Waals surface area contributed by atoms with E-state index in [9.17, 15) is 4.79 Å². The van der Waals surface area contributed by atoms with Gasteiger partial charge in [0.2, 0.25) is 5.91 Å². The third-order valence-corrected chi connectivity index (χ3v) is 3.84. The lowest BCUT2D eigenvalue weighted by Gasteiger charge is -2.15. The summed E-state index contributed by atoms with van der Waals surface area (Å²) >= 11 is 6.06. The van der Waals surface area contributed by atoms with E-state index in [0.717, 1.165) is 37.3 Å². The summed E-state index contributed by atoms with van der Waals surface area (Å²) in [7, 11) is 0. The van der Waals surface area contributed by atoms with Crippen molar-refractivity contribution in [3.05, 3.63) is 16.4 Å². The maximum absolute atomic E-state index is 11.9. The molecule has 94 valence electrons. The van der Waals surface area contributed by atoms with Crippen molar-refractivity contribution < 1.29 is 4.79 Å². The molecule has 4 nitrogen and oxygen atoms in total. The highest BCUT2D eigenvalue weighted by molar-refractivity contribution is 6.31. The predicted molar refractivity (Wildman–Crippen MR) is 67.1 cm³/mol. The van der Waals surface area contributed by atoms with Gasteiger partial charge in [0.15, 0.2) is 0 Å². The number of halogens is 1. The standard InChI is InChI=1S/C12H18ClN3O/c1-9-12(13)10(2)16(14-9)8-5-11(17)15-6-3-4-7-15/h3-8H2,1-2H3. The Bertz CT molecular complexity index is 422. The molecule has 1 saturated heterocycles. The Labute approximate surface area is 107 Å². The average Bonchev–Trinajstić information content (AvgIpc) is 2.91. The minimum atomic E-state index is 0.228. The summed E-state index contributed by atoms with van der Waals surface area (Å²) in [5, 5.41) is 5.03. The monoisotopic (exact) mass is 255 g/mol. The summed E-state index contributed by atoms with van der Waals surface area (Å²) in [6.45, 7) is 6.26. The first-order chi connectivity index (χ1) is 8.09. The van der Waals surface area contributed by atoms with Gasteiger partial charge in [-0.1, -0.05) is 11.6 Å². The second-order valence-corrected chi connectivity index (χ2v) is 4.92. The lowest BCUT2D eigenvalue weighted by atomic mass is 10.3. The van der Waals surface area contributed by atoms with Gasteiger partial charge in [-0.05, 0) is 26.7 Å². The van der Waals surface area contributed by atoms with Gasteiger partial charge < -0.3 is 4.90 Å². The van der Waals surface area contributed by atoms with Crippen LogP contribution in [0.25, 0.3) is 0 Å². The van der Waals surface area contributed by atoms with Crippen molar-refractivity contribution in [2.24, 2.45) is 0 Å². The van der Waals surface area contributed by atoms with Crippen molar-refractivity contribution in [1.82, 2.24) is 14.7 Å². The van der Waals surface area contributed by atoms with E-state index in [0.29, 0.717) is 18.0 Å². The van der Waals surface area contributed by atoms with E-state index in [4.69, 9.17) is 11.6 Å². The summed E-state index contributed by atoms with van der Waals surface area (Å²) in [6.07, 6.45) is 2.78. The molecule has 0 aromatic carbocycles. The lowest BCUT2D eigenvalue weighted by molar-refractivity contribution is -0.130. The molecular weight excluding hydrogens is 238 g/mol. The van der Waals surface area contributed by atoms with Gasteiger partial charge in [0.05, 0.1) is 23.0 Å². The molecule has 0 aliphatic carbocycles. The van der Waals surface area contributed by atoms with Gasteiger partial charge in [0.25, 0.3) is 0 Å². The molecule has 2 rings (SSSR count). The summed E-state index contributed by atoms with van der Waals surface area (Å²) in [6, 6.07) is 0. The maximum atomic E-state index is 11.9. The molecule has 17 heavy (non-hydrogen) atoms. The Balaban J connectivity index is 1.93. The van der Waals surface area contributed by atoms with Crippen LogP contribution in [0.3, 0.4) is 0 Å². The number of amides is 1. The van der Waals surface area contributed by atoms with E-state index in [1.54, 1.807) is 0 Å². The van der Waals surface area contributed by atoms with E-state index < -0.39 is 0 Å². The third-order valence-electron chi connectivity index (χ3n) is 3.29. The second kappa shape index (κ2) is 5.08. The number of carbonyl (C=O) groups excluding carboxylic acids is 1. The maximum Gasteiger partial charge on any atom is 0.224 e. The van der Waals surface area contributed by atoms with Crippen LogP contribution in [0.2, 0.25) is 5.02 Å². The molecular formula is C12H18ClN3O. The van der Waals surface area contributed by atoms with Crippen LogP contribution in [0.4, 0.5) is 0 Å². The molecule has 5 heteroatoms. The minimum absolute atomic E-state index is 0.228. The van der Waals surface area contributed by atoms with Crippen molar-refractivity contribution >= 4 is 17.5 Å². The third kappa shape index (κ3) is 2.63. The summed E-state index contributed by atoms with van der Waals surface area (Å²) in [5.41, 5.74) is 1.77. The normalized spacial score (nSPS) is 15.6. The fraction of sp³-hybridized carbons (Fsp3) is 0.667. The Morgan fingerprint density at radius 3 is 2.53 bits per heavy atom. The molecule has 0 spiro atoms. The fourth-order valence-electron chi connectivity index (χ4n) is 2.22. The first kappa shape index (κ1) is 12.4. The number of hydrogen-bond acceptors (Lipinski definition) is 2. The van der Waals surface area contributed by atoms with Crippen LogP contribution >= 0.6 is 11.6 Å². The number of rotatable bonds is 3. The number of carbonyl (C=O) groups is 1. The largest absolute Gasteiger partial charge is 0.343 e. The molecule has 1 aliphatic rings. The highest BCUT2D eigenvalue weighted by Crippen LogP contribution is 2.19. The van der Waals surface area contributed by atoms with Crippen LogP contribution < -0.4 is 0 Å². The second-order valence-electron chi connectivity index (χ2n) is 4.55. The Morgan fingerprint density at radius 1 is 1.35 bits per heavy atom. The van der Waals surface area contributed by atoms with Crippen LogP contribution in [0.5, 0.6) is 0 Å². The molecule has 0 atom stereocenters. The van der Waals surface area contributed by atoms with Crippen LogP contribution in [-0.2, 0) is 11.3 Å². The highest BCUT2D eigenvalue weighted by atomic mass is 35.5. The van der Waals surface area contributed by atoms with E-state index >= 15 is 0 Å². The SMILES string of the molecule is Cc1nn(CCC(=O)N2CCCC2)c(C)c1Cl. The van der Waals surface area contributed by atoms with E-state index in [1.807, 2.05) is 23.4 Å². The molecule has 1 amide bonds. The van der Waals surface area contributed by atoms with Crippen molar-refractivity contribution in [3.63, 3.8) is 0 Å². The van der Waals surface area contributed by atoms with Crippen molar-refractivity contribution in [2.45, 2.75) is 39.7 Å². The van der Waals surface area contributed by atoms with Gasteiger partial charge in [0.1, 0.15) is 0 Å². The first-order valence-corrected chi connectivity index (χ1v) is 6.44. The quantitative estimate of drug-likeness (QED) is 0.830. The summed E-state index contributed by atoms with van der Waals surface area (Å²) < 4.78 is 1.83. The van der Waals surface area contributed by atoms with E-state index in [1.165, 1.54) is 0 Å². The van der Waals surface area contributed by atoms with Gasteiger partial charge >= 0.3 is 0 Å². The zero-order chi connectivity index (χ0) is 12.4. The Morgan fingerprint density at radius 2 is 2.00 bits per heavy atom. The molecule has 1 aliphatic heterocycles. The highest BCUT2D eigenvalue weighted by Gasteiger charge is 2.18. The molecule has 0 saturated carbocycles. The smallest absolute Gasteiger partial charge is 0.224 e. The van der Waals surface area contributed by atoms with Crippen molar-refractivity contribution in [3.8, 4) is 0 Å². The zero-order valence-corrected chi connectivity index (χ0v) is 11.1. The molecule has 1 aromatic heterocycles. The summed E-state index contributed by atoms with van der Waals surface area (Å²) in [5.74, 6) is 0.228. The van der Waals surface area contributed by atoms with Gasteiger partial charge in [-0.3, -0.25) is 9.48 Å². The Hall–Kier alpha value is -1.03. The zero-order valence-electron chi connectivity index (χ0n) is 10.4. The number of likely N-dealkylation sites (tertiary alicyclic amines) is 1. The first-order valence-electron chi connectivity index (χ1n) is 6.07. The molecule has 1 aromatic rings. The molecule has 0 N–H and O–H groups in total. The van der Waals surface area contributed by atoms with Crippen molar-refractivity contribution in [2.75, 3.05) is 13.1 Å². The molecule has 1 fully saturated rings. The number of aromatic nitrogens is 2. The van der Waals surface area contributed by atoms with Crippen LogP contribution in [0, 0.1) is 13.8 Å². The van der Waals surface area contributed by atoms with Crippen molar-refractivity contribution in [1.29, 1.82) is 0 Å². The number of aryl methyl sites for hydroxylation is 2. The molecule has 0 unspecified atom stereocenters. The summed E-state index contributed by atoms with van der Waals surface area (Å²) in [4.78, 5) is 13.8. The van der Waals surface area contributed by atoms with Gasteiger partial charge in [-0.25, -0.2) is 0 Å². The average molecular weight is 256 g/mol. The van der Waals surface area contributed by atoms with Crippen LogP contribution in [-0.4, -0.2) is 33.7 Å². The topological polar surface area (TPSA) is 38.1 Å². The minimum Gasteiger partial charge on any atom is -0.343 e. The van der Waals surface area contributed by atoms with Gasteiger partial charge in [-0.15, -0.1) is 0 Å². The predicted octanol–water partition coefficient (Wildman–Crippen LogP) is 2.17. The number of nitrogens with zero attached hydrogens (tertiary/aromatic N) is 3. The van der Waals surface area contributed by atoms with E-state index in [-0.39, 0.29) is 5.91 Å². The molecule has 0 bridgehead atoms. The molecule has 0 radical (unpaired) electrons. The fourth-order valence-corrected chi connectivity index (χ4v) is 2.35. The van der Waals surface area contributed by atoms with E-state index in [2.05, 4.69) is 5.10 Å². The molecule has 2 heterocycles. The number of hydrogen-bond donors (Lipinski definition) is 0.